The number of carbonyl (C=O) groups is 2. The number of para-hydroxylation sites is 1. The van der Waals surface area contributed by atoms with Crippen molar-refractivity contribution >= 4 is 41.3 Å². The Bertz CT molecular complexity index is 1130. The van der Waals surface area contributed by atoms with Crippen LogP contribution in [0, 0.1) is 6.92 Å². The Balaban J connectivity index is 1.55. The lowest BCUT2D eigenvalue weighted by molar-refractivity contribution is -0.123. The normalized spacial score (nSPS) is 10.7. The fourth-order valence-corrected chi connectivity index (χ4v) is 3.03. The molecule has 0 radical (unpaired) electrons. The zero-order chi connectivity index (χ0) is 22.2. The summed E-state index contributed by atoms with van der Waals surface area (Å²) in [4.78, 5) is 24.2. The van der Waals surface area contributed by atoms with E-state index in [-0.39, 0.29) is 17.2 Å². The lowest BCUT2D eigenvalue weighted by atomic mass is 10.2. The van der Waals surface area contributed by atoms with E-state index in [4.69, 9.17) is 32.7 Å². The van der Waals surface area contributed by atoms with Gasteiger partial charge in [0.05, 0.1) is 16.8 Å². The third-order valence-electron chi connectivity index (χ3n) is 4.07. The van der Waals surface area contributed by atoms with Gasteiger partial charge < -0.3 is 9.47 Å². The van der Waals surface area contributed by atoms with E-state index in [0.717, 1.165) is 5.56 Å². The summed E-state index contributed by atoms with van der Waals surface area (Å²) in [6, 6.07) is 18.6. The van der Waals surface area contributed by atoms with Gasteiger partial charge in [-0.3, -0.25) is 4.79 Å². The molecule has 0 aliphatic heterocycles. The van der Waals surface area contributed by atoms with Crippen LogP contribution in [-0.2, 0) is 4.79 Å². The average molecular weight is 457 g/mol. The first-order chi connectivity index (χ1) is 14.9. The zero-order valence-corrected chi connectivity index (χ0v) is 18.0. The maximum absolute atomic E-state index is 12.3. The van der Waals surface area contributed by atoms with Crippen LogP contribution in [0.5, 0.6) is 11.5 Å². The first-order valence-electron chi connectivity index (χ1n) is 9.20. The molecule has 3 aromatic carbocycles. The first kappa shape index (κ1) is 22.3. The minimum Gasteiger partial charge on any atom is -0.483 e. The SMILES string of the molecule is Cc1ccccc1OCC(=O)N/N=C\c1cccc(OC(=O)c2ccc(Cl)cc2Cl)c1. The third-order valence-corrected chi connectivity index (χ3v) is 4.62. The van der Waals surface area contributed by atoms with Crippen LogP contribution in [0.4, 0.5) is 0 Å². The summed E-state index contributed by atoms with van der Waals surface area (Å²) in [5.74, 6) is -0.0806. The van der Waals surface area contributed by atoms with Gasteiger partial charge in [-0.25, -0.2) is 10.2 Å². The highest BCUT2D eigenvalue weighted by atomic mass is 35.5. The predicted molar refractivity (Wildman–Crippen MR) is 120 cm³/mol. The van der Waals surface area contributed by atoms with E-state index in [1.807, 2.05) is 25.1 Å². The predicted octanol–water partition coefficient (Wildman–Crippen LogP) is 5.05. The van der Waals surface area contributed by atoms with Crippen LogP contribution in [0.1, 0.15) is 21.5 Å². The van der Waals surface area contributed by atoms with Gasteiger partial charge in [-0.05, 0) is 54.4 Å². The second kappa shape index (κ2) is 10.6. The number of amides is 1. The molecule has 0 aliphatic carbocycles. The molecular formula is C23H18Cl2N2O4. The van der Waals surface area contributed by atoms with Gasteiger partial charge in [0.1, 0.15) is 11.5 Å². The fourth-order valence-electron chi connectivity index (χ4n) is 2.55. The standard InChI is InChI=1S/C23H18Cl2N2O4/c1-15-5-2-3-8-21(15)30-14-22(28)27-26-13-16-6-4-7-18(11-16)31-23(29)19-10-9-17(24)12-20(19)25/h2-13H,14H2,1H3,(H,27,28)/b26-13-. The summed E-state index contributed by atoms with van der Waals surface area (Å²) in [6.07, 6.45) is 1.43. The lowest BCUT2D eigenvalue weighted by Crippen LogP contribution is -2.24. The number of rotatable bonds is 7. The largest absolute Gasteiger partial charge is 0.483 e. The van der Waals surface area contributed by atoms with Gasteiger partial charge in [-0.2, -0.15) is 5.10 Å². The van der Waals surface area contributed by atoms with Crippen molar-refractivity contribution in [2.24, 2.45) is 5.10 Å². The van der Waals surface area contributed by atoms with Crippen molar-refractivity contribution in [2.45, 2.75) is 6.92 Å². The number of benzene rings is 3. The molecule has 0 aliphatic rings. The molecule has 0 fully saturated rings. The molecule has 0 aromatic heterocycles. The number of esters is 1. The van der Waals surface area contributed by atoms with E-state index in [2.05, 4.69) is 10.5 Å². The van der Waals surface area contributed by atoms with Gasteiger partial charge in [-0.15, -0.1) is 0 Å². The molecule has 158 valence electrons. The summed E-state index contributed by atoms with van der Waals surface area (Å²) in [5.41, 5.74) is 4.14. The molecule has 0 saturated carbocycles. The number of hydrogen-bond donors (Lipinski definition) is 1. The lowest BCUT2D eigenvalue weighted by Gasteiger charge is -2.07. The molecule has 3 rings (SSSR count). The van der Waals surface area contributed by atoms with Gasteiger partial charge in [0.25, 0.3) is 5.91 Å². The van der Waals surface area contributed by atoms with Crippen LogP contribution < -0.4 is 14.9 Å². The number of carbonyl (C=O) groups excluding carboxylic acids is 2. The Morgan fingerprint density at radius 3 is 2.61 bits per heavy atom. The molecule has 0 saturated heterocycles. The summed E-state index contributed by atoms with van der Waals surface area (Å²) in [6.45, 7) is 1.73. The van der Waals surface area contributed by atoms with Crippen molar-refractivity contribution in [2.75, 3.05) is 6.61 Å². The number of halogens is 2. The van der Waals surface area contributed by atoms with Crippen LogP contribution in [0.15, 0.2) is 71.8 Å². The van der Waals surface area contributed by atoms with Crippen LogP contribution in [0.3, 0.4) is 0 Å². The molecule has 3 aromatic rings. The number of aryl methyl sites for hydroxylation is 1. The maximum Gasteiger partial charge on any atom is 0.345 e. The summed E-state index contributed by atoms with van der Waals surface area (Å²) in [5, 5.41) is 4.52. The van der Waals surface area contributed by atoms with Gasteiger partial charge in [-0.1, -0.05) is 53.5 Å². The van der Waals surface area contributed by atoms with Crippen LogP contribution in [-0.4, -0.2) is 24.7 Å². The van der Waals surface area contributed by atoms with E-state index in [0.29, 0.717) is 22.1 Å². The Morgan fingerprint density at radius 2 is 1.84 bits per heavy atom. The zero-order valence-electron chi connectivity index (χ0n) is 16.5. The van der Waals surface area contributed by atoms with Crippen molar-refractivity contribution in [3.8, 4) is 11.5 Å². The van der Waals surface area contributed by atoms with Crippen LogP contribution in [0.2, 0.25) is 10.0 Å². The summed E-state index contributed by atoms with van der Waals surface area (Å²) >= 11 is 11.9. The fraction of sp³-hybridized carbons (Fsp3) is 0.0870. The summed E-state index contributed by atoms with van der Waals surface area (Å²) < 4.78 is 10.8. The van der Waals surface area contributed by atoms with Crippen LogP contribution in [0.25, 0.3) is 0 Å². The maximum atomic E-state index is 12.3. The Kier molecular flexibility index (Phi) is 7.65. The van der Waals surface area contributed by atoms with Gasteiger partial charge in [0, 0.05) is 5.02 Å². The Hall–Kier alpha value is -3.35. The van der Waals surface area contributed by atoms with Crippen molar-refractivity contribution in [3.05, 3.63) is 93.5 Å². The van der Waals surface area contributed by atoms with Gasteiger partial charge >= 0.3 is 5.97 Å². The molecule has 0 unspecified atom stereocenters. The monoisotopic (exact) mass is 456 g/mol. The van der Waals surface area contributed by atoms with E-state index >= 15 is 0 Å². The Labute approximate surface area is 189 Å². The van der Waals surface area contributed by atoms with E-state index in [9.17, 15) is 9.59 Å². The highest BCUT2D eigenvalue weighted by Gasteiger charge is 2.13. The third kappa shape index (κ3) is 6.57. The minimum absolute atomic E-state index is 0.165. The highest BCUT2D eigenvalue weighted by molar-refractivity contribution is 6.36. The second-order valence-electron chi connectivity index (χ2n) is 6.43. The number of hydrogen-bond acceptors (Lipinski definition) is 5. The molecular weight excluding hydrogens is 439 g/mol. The molecule has 0 atom stereocenters. The topological polar surface area (TPSA) is 77.0 Å². The van der Waals surface area contributed by atoms with E-state index < -0.39 is 11.9 Å². The number of nitrogens with zero attached hydrogens (tertiary/aromatic N) is 1. The average Bonchev–Trinajstić information content (AvgIpc) is 2.73. The smallest absolute Gasteiger partial charge is 0.345 e. The molecule has 31 heavy (non-hydrogen) atoms. The number of ether oxygens (including phenoxy) is 2. The molecule has 8 heteroatoms. The molecule has 1 N–H and O–H groups in total. The second-order valence-corrected chi connectivity index (χ2v) is 7.28. The number of nitrogens with one attached hydrogen (secondary N) is 1. The van der Waals surface area contributed by atoms with Crippen molar-refractivity contribution in [1.29, 1.82) is 0 Å². The molecule has 1 amide bonds. The molecule has 0 spiro atoms. The van der Waals surface area contributed by atoms with Gasteiger partial charge in [0.2, 0.25) is 0 Å². The summed E-state index contributed by atoms with van der Waals surface area (Å²) in [7, 11) is 0. The van der Waals surface area contributed by atoms with Crippen molar-refractivity contribution in [1.82, 2.24) is 5.43 Å². The van der Waals surface area contributed by atoms with Gasteiger partial charge in [0.15, 0.2) is 6.61 Å². The molecule has 6 nitrogen and oxygen atoms in total. The first-order valence-corrected chi connectivity index (χ1v) is 9.95. The minimum atomic E-state index is -0.614. The van der Waals surface area contributed by atoms with E-state index in [1.54, 1.807) is 36.4 Å². The van der Waals surface area contributed by atoms with E-state index in [1.165, 1.54) is 18.3 Å². The quantitative estimate of drug-likeness (QED) is 0.233. The molecule has 0 bridgehead atoms. The highest BCUT2D eigenvalue weighted by Crippen LogP contribution is 2.23. The molecule has 0 heterocycles. The van der Waals surface area contributed by atoms with Crippen molar-refractivity contribution < 1.29 is 19.1 Å². The van der Waals surface area contributed by atoms with Crippen molar-refractivity contribution in [3.63, 3.8) is 0 Å². The van der Waals surface area contributed by atoms with Crippen LogP contribution >= 0.6 is 23.2 Å². The number of hydrazone groups is 1. The Morgan fingerprint density at radius 1 is 1.03 bits per heavy atom.